The second kappa shape index (κ2) is 7.78. The van der Waals surface area contributed by atoms with Crippen LogP contribution in [-0.4, -0.2) is 53.9 Å². The molecule has 2 bridgehead atoms. The molecule has 2 aliphatic heterocycles. The van der Waals surface area contributed by atoms with Crippen molar-refractivity contribution in [3.8, 4) is 5.69 Å². The Balaban J connectivity index is 1.40. The topological polar surface area (TPSA) is 88.8 Å². The van der Waals surface area contributed by atoms with E-state index in [4.69, 9.17) is 0 Å². The van der Waals surface area contributed by atoms with Gasteiger partial charge in [0, 0.05) is 17.9 Å². The summed E-state index contributed by atoms with van der Waals surface area (Å²) in [5, 5.41) is 11.1. The van der Waals surface area contributed by atoms with Crippen molar-refractivity contribution in [1.82, 2.24) is 29.9 Å². The molecular weight excluding hydrogens is 442 g/mol. The van der Waals surface area contributed by atoms with Crippen LogP contribution in [0.2, 0.25) is 0 Å². The van der Waals surface area contributed by atoms with E-state index < -0.39 is 17.6 Å². The Bertz CT molecular complexity index is 1200. The molecule has 0 saturated carbocycles. The molecule has 2 fully saturated rings. The van der Waals surface area contributed by atoms with Gasteiger partial charge in [-0.15, -0.1) is 4.80 Å². The van der Waals surface area contributed by atoms with Gasteiger partial charge in [0.1, 0.15) is 5.69 Å². The fraction of sp³-hybridized carbons (Fsp3) is 0.381. The van der Waals surface area contributed by atoms with Gasteiger partial charge in [-0.3, -0.25) is 4.79 Å². The van der Waals surface area contributed by atoms with Crippen LogP contribution in [0.5, 0.6) is 0 Å². The molecule has 0 spiro atoms. The first kappa shape index (κ1) is 21.3. The third-order valence-corrected chi connectivity index (χ3v) is 6.11. The van der Waals surface area contributed by atoms with Crippen LogP contribution in [0.1, 0.15) is 41.0 Å². The first-order chi connectivity index (χ1) is 15.7. The van der Waals surface area contributed by atoms with E-state index in [1.54, 1.807) is 24.0 Å². The summed E-state index contributed by atoms with van der Waals surface area (Å²) in [7, 11) is 0. The lowest BCUT2D eigenvalue weighted by molar-refractivity contribution is -0.138. The van der Waals surface area contributed by atoms with E-state index >= 15 is 0 Å². The fourth-order valence-electron chi connectivity index (χ4n) is 4.67. The molecule has 0 radical (unpaired) electrons. The van der Waals surface area contributed by atoms with E-state index in [2.05, 4.69) is 25.5 Å². The lowest BCUT2D eigenvalue weighted by Gasteiger charge is -2.26. The van der Waals surface area contributed by atoms with E-state index in [0.717, 1.165) is 6.42 Å². The zero-order chi connectivity index (χ0) is 23.3. The third kappa shape index (κ3) is 3.79. The highest BCUT2D eigenvalue weighted by molar-refractivity contribution is 5.96. The van der Waals surface area contributed by atoms with E-state index in [-0.39, 0.29) is 35.5 Å². The number of alkyl halides is 3. The Hall–Kier alpha value is -3.57. The molecule has 172 valence electrons. The number of hydrogen-bond donors (Lipinski definition) is 1. The maximum atomic E-state index is 14.3. The van der Waals surface area contributed by atoms with Crippen molar-refractivity contribution < 1.29 is 22.4 Å². The van der Waals surface area contributed by atoms with Crippen molar-refractivity contribution in [2.24, 2.45) is 0 Å². The molecular formula is C21H19F4N7O. The SMILES string of the molecule is Cc1ccc(-n2nccn2)c(C(=O)N2[C@@H]3CC[C@H]2[C@H](Nc2ncc(C(F)(F)F)cc2F)C3)n1. The molecule has 1 N–H and O–H groups in total. The molecule has 3 atom stereocenters. The molecule has 33 heavy (non-hydrogen) atoms. The molecule has 2 aliphatic rings. The highest BCUT2D eigenvalue weighted by Crippen LogP contribution is 2.40. The van der Waals surface area contributed by atoms with Gasteiger partial charge in [0.25, 0.3) is 5.91 Å². The fourth-order valence-corrected chi connectivity index (χ4v) is 4.67. The highest BCUT2D eigenvalue weighted by atomic mass is 19.4. The van der Waals surface area contributed by atoms with Crippen molar-refractivity contribution in [3.05, 3.63) is 59.6 Å². The summed E-state index contributed by atoms with van der Waals surface area (Å²) in [6.07, 6.45) is 0.903. The Kier molecular flexibility index (Phi) is 5.02. The van der Waals surface area contributed by atoms with Crippen LogP contribution in [0.15, 0.2) is 36.8 Å². The van der Waals surface area contributed by atoms with Gasteiger partial charge in [-0.25, -0.2) is 14.4 Å². The standard InChI is InChI=1S/C21H19F4N7O/c1-11-2-4-17(32-27-6-7-28-32)18(29-11)20(33)31-13-3-5-16(31)15(9-13)30-19-14(22)8-12(10-26-19)21(23,24)25/h2,4,6-8,10,13,15-16H,3,5,9H2,1H3,(H,26,30)/t13-,15-,16+/m1/s1. The average Bonchev–Trinajstić information content (AvgIpc) is 3.50. The smallest absolute Gasteiger partial charge is 0.363 e. The number of nitrogens with zero attached hydrogens (tertiary/aromatic N) is 6. The first-order valence-electron chi connectivity index (χ1n) is 10.4. The number of carbonyl (C=O) groups is 1. The summed E-state index contributed by atoms with van der Waals surface area (Å²) < 4.78 is 52.7. The number of aryl methyl sites for hydroxylation is 1. The summed E-state index contributed by atoms with van der Waals surface area (Å²) in [6, 6.07) is 3.20. The molecule has 1 amide bonds. The van der Waals surface area contributed by atoms with Gasteiger partial charge in [-0.05, 0) is 44.4 Å². The number of anilines is 1. The van der Waals surface area contributed by atoms with Gasteiger partial charge in [-0.2, -0.15) is 23.4 Å². The Morgan fingerprint density at radius 1 is 1.18 bits per heavy atom. The average molecular weight is 461 g/mol. The second-order valence-corrected chi connectivity index (χ2v) is 8.19. The molecule has 3 aromatic rings. The predicted molar refractivity (Wildman–Crippen MR) is 108 cm³/mol. The van der Waals surface area contributed by atoms with Crippen LogP contribution in [0.25, 0.3) is 5.69 Å². The number of pyridine rings is 2. The lowest BCUT2D eigenvalue weighted by Crippen LogP contribution is -2.41. The van der Waals surface area contributed by atoms with Crippen LogP contribution in [-0.2, 0) is 6.18 Å². The Morgan fingerprint density at radius 3 is 2.64 bits per heavy atom. The minimum absolute atomic E-state index is 0.0988. The summed E-state index contributed by atoms with van der Waals surface area (Å²) in [4.78, 5) is 24.7. The second-order valence-electron chi connectivity index (χ2n) is 8.19. The Morgan fingerprint density at radius 2 is 1.94 bits per heavy atom. The number of carbonyl (C=O) groups excluding carboxylic acids is 1. The molecule has 5 heterocycles. The van der Waals surface area contributed by atoms with E-state index in [0.29, 0.717) is 36.5 Å². The molecule has 0 aliphatic carbocycles. The van der Waals surface area contributed by atoms with Crippen molar-refractivity contribution in [1.29, 1.82) is 0 Å². The maximum Gasteiger partial charge on any atom is 0.417 e. The predicted octanol–water partition coefficient (Wildman–Crippen LogP) is 3.38. The van der Waals surface area contributed by atoms with Crippen molar-refractivity contribution in [3.63, 3.8) is 0 Å². The third-order valence-electron chi connectivity index (χ3n) is 6.11. The first-order valence-corrected chi connectivity index (χ1v) is 10.4. The highest BCUT2D eigenvalue weighted by Gasteiger charge is 2.49. The number of hydrogen-bond acceptors (Lipinski definition) is 6. The van der Waals surface area contributed by atoms with Gasteiger partial charge in [0.05, 0.1) is 30.0 Å². The number of halogens is 4. The minimum Gasteiger partial charge on any atom is -0.363 e. The molecule has 0 unspecified atom stereocenters. The summed E-state index contributed by atoms with van der Waals surface area (Å²) in [5.41, 5.74) is 0.163. The summed E-state index contributed by atoms with van der Waals surface area (Å²) in [5.74, 6) is -1.63. The van der Waals surface area contributed by atoms with Gasteiger partial charge < -0.3 is 10.2 Å². The van der Waals surface area contributed by atoms with E-state index in [1.807, 2.05) is 0 Å². The summed E-state index contributed by atoms with van der Waals surface area (Å²) in [6.45, 7) is 1.78. The van der Waals surface area contributed by atoms with Gasteiger partial charge in [0.15, 0.2) is 17.3 Å². The van der Waals surface area contributed by atoms with E-state index in [1.165, 1.54) is 17.2 Å². The summed E-state index contributed by atoms with van der Waals surface area (Å²) >= 11 is 0. The number of nitrogens with one attached hydrogen (secondary N) is 1. The van der Waals surface area contributed by atoms with Gasteiger partial charge in [-0.1, -0.05) is 0 Å². The molecule has 12 heteroatoms. The van der Waals surface area contributed by atoms with Crippen LogP contribution < -0.4 is 5.32 Å². The normalized spacial score (nSPS) is 22.1. The monoisotopic (exact) mass is 461 g/mol. The maximum absolute atomic E-state index is 14.3. The molecule has 8 nitrogen and oxygen atoms in total. The van der Waals surface area contributed by atoms with Crippen molar-refractivity contribution >= 4 is 11.7 Å². The van der Waals surface area contributed by atoms with Gasteiger partial charge in [0.2, 0.25) is 0 Å². The van der Waals surface area contributed by atoms with Crippen molar-refractivity contribution in [2.75, 3.05) is 5.32 Å². The minimum atomic E-state index is -4.68. The number of amides is 1. The largest absolute Gasteiger partial charge is 0.417 e. The van der Waals surface area contributed by atoms with Crippen LogP contribution in [0, 0.1) is 12.7 Å². The molecule has 2 saturated heterocycles. The molecule has 5 rings (SSSR count). The van der Waals surface area contributed by atoms with Crippen LogP contribution in [0.4, 0.5) is 23.4 Å². The molecule has 0 aromatic carbocycles. The number of fused-ring (bicyclic) bond motifs is 2. The quantitative estimate of drug-likeness (QED) is 0.600. The van der Waals surface area contributed by atoms with E-state index in [9.17, 15) is 22.4 Å². The number of aromatic nitrogens is 5. The van der Waals surface area contributed by atoms with Crippen LogP contribution in [0.3, 0.4) is 0 Å². The number of rotatable bonds is 4. The lowest BCUT2D eigenvalue weighted by atomic mass is 9.95. The zero-order valence-electron chi connectivity index (χ0n) is 17.4. The Labute approximate surface area is 185 Å². The molecule has 3 aromatic heterocycles. The van der Waals surface area contributed by atoms with Crippen molar-refractivity contribution in [2.45, 2.75) is 50.5 Å². The van der Waals surface area contributed by atoms with Gasteiger partial charge >= 0.3 is 6.18 Å². The van der Waals surface area contributed by atoms with Crippen LogP contribution >= 0.6 is 0 Å². The zero-order valence-corrected chi connectivity index (χ0v) is 17.4.